The molecule has 0 aliphatic carbocycles. The quantitative estimate of drug-likeness (QED) is 0.734. The summed E-state index contributed by atoms with van der Waals surface area (Å²) in [6.07, 6.45) is 8.29. The van der Waals surface area contributed by atoms with Gasteiger partial charge in [-0.2, -0.15) is 5.10 Å². The van der Waals surface area contributed by atoms with Crippen molar-refractivity contribution in [3.05, 3.63) is 18.0 Å². The molecule has 3 heteroatoms. The van der Waals surface area contributed by atoms with E-state index in [1.807, 2.05) is 17.9 Å². The molecule has 0 saturated carbocycles. The Hall–Kier alpha value is -0.830. The van der Waals surface area contributed by atoms with Crippen molar-refractivity contribution in [1.29, 1.82) is 0 Å². The van der Waals surface area contributed by atoms with Gasteiger partial charge in [-0.1, -0.05) is 33.1 Å². The number of rotatable bonds is 8. The van der Waals surface area contributed by atoms with Crippen molar-refractivity contribution in [3.8, 4) is 0 Å². The number of aromatic nitrogens is 2. The minimum atomic E-state index is 0.667. The second-order valence-electron chi connectivity index (χ2n) is 4.45. The number of unbranched alkanes of at least 4 members (excludes halogenated alkanes) is 1. The first kappa shape index (κ1) is 13.2. The third-order valence-electron chi connectivity index (χ3n) is 3.04. The first-order valence-corrected chi connectivity index (χ1v) is 6.48. The van der Waals surface area contributed by atoms with E-state index in [-0.39, 0.29) is 0 Å². The van der Waals surface area contributed by atoms with Crippen LogP contribution < -0.4 is 5.32 Å². The molecule has 16 heavy (non-hydrogen) atoms. The van der Waals surface area contributed by atoms with Crippen LogP contribution in [0.1, 0.15) is 51.6 Å². The Labute approximate surface area is 99.2 Å². The van der Waals surface area contributed by atoms with Crippen LogP contribution in [0.15, 0.2) is 12.3 Å². The molecule has 3 nitrogen and oxygen atoms in total. The van der Waals surface area contributed by atoms with Gasteiger partial charge in [0.2, 0.25) is 0 Å². The summed E-state index contributed by atoms with van der Waals surface area (Å²) in [4.78, 5) is 0. The molecule has 1 aromatic rings. The summed E-state index contributed by atoms with van der Waals surface area (Å²) in [7, 11) is 2.00. The maximum atomic E-state index is 4.18. The fraction of sp³-hybridized carbons (Fsp3) is 0.769. The maximum absolute atomic E-state index is 4.18. The number of hydrogen-bond donors (Lipinski definition) is 1. The van der Waals surface area contributed by atoms with Crippen LogP contribution in [0.4, 0.5) is 0 Å². The second-order valence-corrected chi connectivity index (χ2v) is 4.45. The molecule has 0 aliphatic heterocycles. The predicted octanol–water partition coefficient (Wildman–Crippen LogP) is 2.87. The van der Waals surface area contributed by atoms with E-state index >= 15 is 0 Å². The average Bonchev–Trinajstić information content (AvgIpc) is 2.68. The zero-order chi connectivity index (χ0) is 11.8. The predicted molar refractivity (Wildman–Crippen MR) is 68.3 cm³/mol. The lowest BCUT2D eigenvalue weighted by atomic mass is 10.1. The third kappa shape index (κ3) is 4.35. The van der Waals surface area contributed by atoms with Crippen molar-refractivity contribution in [3.63, 3.8) is 0 Å². The topological polar surface area (TPSA) is 29.9 Å². The molecule has 0 radical (unpaired) electrons. The molecular weight excluding hydrogens is 198 g/mol. The van der Waals surface area contributed by atoms with Crippen LogP contribution in [0.3, 0.4) is 0 Å². The smallest absolute Gasteiger partial charge is 0.0518 e. The third-order valence-corrected chi connectivity index (χ3v) is 3.04. The Morgan fingerprint density at radius 3 is 2.69 bits per heavy atom. The molecule has 1 atom stereocenters. The van der Waals surface area contributed by atoms with Crippen LogP contribution >= 0.6 is 0 Å². The Morgan fingerprint density at radius 1 is 1.31 bits per heavy atom. The zero-order valence-electron chi connectivity index (χ0n) is 10.9. The summed E-state index contributed by atoms with van der Waals surface area (Å²) in [5, 5.41) is 7.82. The molecule has 1 aromatic heterocycles. The van der Waals surface area contributed by atoms with Crippen LogP contribution in [-0.4, -0.2) is 15.8 Å². The normalized spacial score (nSPS) is 12.9. The Kier molecular flexibility index (Phi) is 6.16. The number of nitrogens with zero attached hydrogens (tertiary/aromatic N) is 2. The number of hydrogen-bond acceptors (Lipinski definition) is 2. The highest BCUT2D eigenvalue weighted by Gasteiger charge is 2.07. The molecule has 0 spiro atoms. The fourth-order valence-corrected chi connectivity index (χ4v) is 1.97. The highest BCUT2D eigenvalue weighted by molar-refractivity contribution is 4.99. The van der Waals surface area contributed by atoms with Crippen LogP contribution in [0, 0.1) is 0 Å². The standard InChI is InChI=1S/C13H25N3/c1-4-6-8-12(7-5-2)14-11-13-9-10-15-16(13)3/h9-10,12,14H,4-8,11H2,1-3H3. The first-order valence-electron chi connectivity index (χ1n) is 6.48. The van der Waals surface area contributed by atoms with E-state index in [2.05, 4.69) is 30.3 Å². The van der Waals surface area contributed by atoms with E-state index < -0.39 is 0 Å². The molecule has 1 rings (SSSR count). The van der Waals surface area contributed by atoms with Crippen molar-refractivity contribution in [2.24, 2.45) is 7.05 Å². The van der Waals surface area contributed by atoms with E-state index in [1.54, 1.807) is 0 Å². The van der Waals surface area contributed by atoms with E-state index in [0.29, 0.717) is 6.04 Å². The van der Waals surface area contributed by atoms with E-state index in [4.69, 9.17) is 0 Å². The molecule has 0 saturated heterocycles. The Morgan fingerprint density at radius 2 is 2.12 bits per heavy atom. The van der Waals surface area contributed by atoms with Crippen molar-refractivity contribution in [1.82, 2.24) is 15.1 Å². The molecule has 0 amide bonds. The van der Waals surface area contributed by atoms with E-state index in [0.717, 1.165) is 6.54 Å². The van der Waals surface area contributed by atoms with Gasteiger partial charge in [0.05, 0.1) is 5.69 Å². The van der Waals surface area contributed by atoms with Gasteiger partial charge < -0.3 is 5.32 Å². The molecule has 0 aliphatic rings. The van der Waals surface area contributed by atoms with Crippen molar-refractivity contribution in [2.45, 2.75) is 58.5 Å². The number of nitrogens with one attached hydrogen (secondary N) is 1. The Balaban J connectivity index is 2.34. The summed E-state index contributed by atoms with van der Waals surface area (Å²) < 4.78 is 1.94. The van der Waals surface area contributed by atoms with Gasteiger partial charge in [0.25, 0.3) is 0 Å². The highest BCUT2D eigenvalue weighted by Crippen LogP contribution is 2.08. The van der Waals surface area contributed by atoms with Crippen LogP contribution in [0.25, 0.3) is 0 Å². The summed E-state index contributed by atoms with van der Waals surface area (Å²) in [5.74, 6) is 0. The minimum Gasteiger partial charge on any atom is -0.308 e. The fourth-order valence-electron chi connectivity index (χ4n) is 1.97. The molecule has 1 N–H and O–H groups in total. The van der Waals surface area contributed by atoms with Gasteiger partial charge in [-0.15, -0.1) is 0 Å². The zero-order valence-corrected chi connectivity index (χ0v) is 10.9. The molecular formula is C13H25N3. The largest absolute Gasteiger partial charge is 0.308 e. The molecule has 92 valence electrons. The van der Waals surface area contributed by atoms with Crippen LogP contribution in [0.5, 0.6) is 0 Å². The number of aryl methyl sites for hydroxylation is 1. The second kappa shape index (κ2) is 7.44. The van der Waals surface area contributed by atoms with Gasteiger partial charge in [-0.3, -0.25) is 4.68 Å². The summed E-state index contributed by atoms with van der Waals surface area (Å²) >= 11 is 0. The van der Waals surface area contributed by atoms with Gasteiger partial charge >= 0.3 is 0 Å². The summed E-state index contributed by atoms with van der Waals surface area (Å²) in [5.41, 5.74) is 1.26. The van der Waals surface area contributed by atoms with E-state index in [1.165, 1.54) is 37.8 Å². The monoisotopic (exact) mass is 223 g/mol. The lowest BCUT2D eigenvalue weighted by molar-refractivity contribution is 0.427. The van der Waals surface area contributed by atoms with Gasteiger partial charge in [-0.05, 0) is 18.9 Å². The van der Waals surface area contributed by atoms with Crippen molar-refractivity contribution in [2.75, 3.05) is 0 Å². The van der Waals surface area contributed by atoms with Crippen molar-refractivity contribution >= 4 is 0 Å². The van der Waals surface area contributed by atoms with Gasteiger partial charge in [0.15, 0.2) is 0 Å². The molecule has 0 fully saturated rings. The molecule has 1 unspecified atom stereocenters. The lowest BCUT2D eigenvalue weighted by Gasteiger charge is -2.17. The van der Waals surface area contributed by atoms with Gasteiger partial charge in [0.1, 0.15) is 0 Å². The van der Waals surface area contributed by atoms with Crippen LogP contribution in [0.2, 0.25) is 0 Å². The van der Waals surface area contributed by atoms with Gasteiger partial charge in [0, 0.05) is 25.8 Å². The lowest BCUT2D eigenvalue weighted by Crippen LogP contribution is -2.29. The summed E-state index contributed by atoms with van der Waals surface area (Å²) in [6.45, 7) is 5.44. The van der Waals surface area contributed by atoms with Gasteiger partial charge in [-0.25, -0.2) is 0 Å². The average molecular weight is 223 g/mol. The summed E-state index contributed by atoms with van der Waals surface area (Å²) in [6, 6.07) is 2.75. The molecule has 1 heterocycles. The minimum absolute atomic E-state index is 0.667. The highest BCUT2D eigenvalue weighted by atomic mass is 15.3. The SMILES string of the molecule is CCCCC(CCC)NCc1ccnn1C. The first-order chi connectivity index (χ1) is 7.77. The Bertz CT molecular complexity index is 280. The van der Waals surface area contributed by atoms with E-state index in [9.17, 15) is 0 Å². The molecule has 0 aromatic carbocycles. The van der Waals surface area contributed by atoms with Crippen molar-refractivity contribution < 1.29 is 0 Å². The van der Waals surface area contributed by atoms with Crippen LogP contribution in [-0.2, 0) is 13.6 Å². The maximum Gasteiger partial charge on any atom is 0.0518 e. The molecule has 0 bridgehead atoms.